The summed E-state index contributed by atoms with van der Waals surface area (Å²) in [6.07, 6.45) is 11.0. The summed E-state index contributed by atoms with van der Waals surface area (Å²) in [6.45, 7) is 4.96. The number of likely N-dealkylation sites (N-methyl/N-ethyl adjacent to an activating group) is 1. The van der Waals surface area contributed by atoms with Crippen molar-refractivity contribution in [3.8, 4) is 23.0 Å². The number of aliphatic hydroxyl groups is 2. The molecule has 0 aromatic heterocycles. The number of aldehydes is 1. The molecule has 1 saturated heterocycles. The topological polar surface area (TPSA) is 155 Å². The molecule has 3 aromatic carbocycles. The molecule has 13 nitrogen and oxygen atoms in total. The summed E-state index contributed by atoms with van der Waals surface area (Å²) >= 11 is 0. The van der Waals surface area contributed by atoms with Crippen molar-refractivity contribution in [1.29, 1.82) is 0 Å². The molecule has 0 bridgehead atoms. The first-order valence-electron chi connectivity index (χ1n) is 21.9. The van der Waals surface area contributed by atoms with Crippen molar-refractivity contribution in [3.63, 3.8) is 0 Å². The van der Waals surface area contributed by atoms with Gasteiger partial charge in [0.25, 0.3) is 0 Å². The van der Waals surface area contributed by atoms with Crippen LogP contribution in [0, 0.1) is 17.8 Å². The Morgan fingerprint density at radius 2 is 1.77 bits per heavy atom. The van der Waals surface area contributed by atoms with E-state index in [-0.39, 0.29) is 50.6 Å². The first-order chi connectivity index (χ1) is 30.3. The smallest absolute Gasteiger partial charge is 0.410 e. The van der Waals surface area contributed by atoms with Gasteiger partial charge < -0.3 is 48.4 Å². The van der Waals surface area contributed by atoms with E-state index in [1.165, 1.54) is 7.11 Å². The molecule has 2 fully saturated rings. The zero-order valence-electron chi connectivity index (χ0n) is 35.8. The highest BCUT2D eigenvalue weighted by molar-refractivity contribution is 6.03. The average Bonchev–Trinajstić information content (AvgIpc) is 3.31. The normalized spacial score (nSPS) is 25.6. The lowest BCUT2D eigenvalue weighted by atomic mass is 9.55. The van der Waals surface area contributed by atoms with Gasteiger partial charge in [0.15, 0.2) is 6.29 Å². The predicted octanol–water partition coefficient (Wildman–Crippen LogP) is 8.73. The van der Waals surface area contributed by atoms with Crippen LogP contribution in [-0.2, 0) is 25.7 Å². The number of fused-ring (bicyclic) bond motifs is 2. The number of aliphatic hydroxyl groups excluding tert-OH is 2. The quantitative estimate of drug-likeness (QED) is 0.0485. The second-order valence-electron chi connectivity index (χ2n) is 16.4. The standard InChI is InChI=1S/C49H60N2O11/c1-4-25-59-49-44(51(2)48(55)58-32-33-14-6-5-7-15-33)30-41(50-62-45-18-10-13-26-57-45)39-28-34(16-8-11-23-52)38(17-9-12-24-53)46(47(39)49)40-29-37(20-22-43(40)61-49)60-36-19-21-42(56-3)35(27-36)31-54/h4-7,14-15,19-22,27-29,31,34,38,44-47,52-53H,1,8-13,16-18,23-26,30,32H2,2-3H3. The molecule has 0 spiro atoms. The van der Waals surface area contributed by atoms with E-state index in [0.717, 1.165) is 61.5 Å². The van der Waals surface area contributed by atoms with E-state index in [9.17, 15) is 19.8 Å². The summed E-state index contributed by atoms with van der Waals surface area (Å²) < 4.78 is 38.0. The van der Waals surface area contributed by atoms with Gasteiger partial charge in [0.1, 0.15) is 35.6 Å². The molecular formula is C49H60N2O11. The minimum absolute atomic E-state index is 0.0131. The first-order valence-corrected chi connectivity index (χ1v) is 21.9. The Kier molecular flexibility index (Phi) is 15.4. The Morgan fingerprint density at radius 1 is 1.00 bits per heavy atom. The van der Waals surface area contributed by atoms with E-state index < -0.39 is 30.1 Å². The van der Waals surface area contributed by atoms with Crippen LogP contribution in [0.15, 0.2) is 96.2 Å². The number of carbonyl (C=O) groups excluding carboxylic acids is 2. The molecule has 7 atom stereocenters. The second-order valence-corrected chi connectivity index (χ2v) is 16.4. The van der Waals surface area contributed by atoms with Crippen molar-refractivity contribution in [2.75, 3.05) is 40.6 Å². The molecule has 4 aliphatic rings. The fraction of sp³-hybridized carbons (Fsp3) is 0.490. The van der Waals surface area contributed by atoms with E-state index >= 15 is 0 Å². The molecule has 13 heteroatoms. The summed E-state index contributed by atoms with van der Waals surface area (Å²) in [4.78, 5) is 33.9. The minimum atomic E-state index is -1.44. The molecule has 1 amide bonds. The molecule has 0 radical (unpaired) electrons. The number of benzene rings is 3. The van der Waals surface area contributed by atoms with Crippen LogP contribution >= 0.6 is 0 Å². The molecule has 2 aliphatic heterocycles. The molecule has 1 saturated carbocycles. The van der Waals surface area contributed by atoms with Crippen LogP contribution in [0.1, 0.15) is 91.6 Å². The maximum atomic E-state index is 14.2. The summed E-state index contributed by atoms with van der Waals surface area (Å²) in [5, 5.41) is 24.7. The maximum Gasteiger partial charge on any atom is 0.410 e. The van der Waals surface area contributed by atoms with E-state index in [4.69, 9.17) is 38.4 Å². The SMILES string of the molecule is C=CCOC12Oc3ccc(Oc4ccc(OC)c(C=O)c4)cc3C3C(CCCCO)C(CCCCO)C=C(C(=NOC4CCCCO4)CC1N(C)C(=O)OCc1ccccc1)C32. The zero-order chi connectivity index (χ0) is 43.5. The minimum Gasteiger partial charge on any atom is -0.496 e. The number of hydrogen-bond acceptors (Lipinski definition) is 12. The van der Waals surface area contributed by atoms with Gasteiger partial charge in [0.05, 0.1) is 37.5 Å². The van der Waals surface area contributed by atoms with Crippen molar-refractivity contribution in [1.82, 2.24) is 4.90 Å². The lowest BCUT2D eigenvalue weighted by Crippen LogP contribution is -2.69. The van der Waals surface area contributed by atoms with Gasteiger partial charge in [0.2, 0.25) is 12.1 Å². The highest BCUT2D eigenvalue weighted by Gasteiger charge is 2.65. The molecule has 3 aromatic rings. The number of oxime groups is 1. The Balaban J connectivity index is 1.38. The Labute approximate surface area is 364 Å². The predicted molar refractivity (Wildman–Crippen MR) is 232 cm³/mol. The monoisotopic (exact) mass is 852 g/mol. The van der Waals surface area contributed by atoms with Crippen molar-refractivity contribution >= 4 is 18.1 Å². The molecule has 2 N–H and O–H groups in total. The Morgan fingerprint density at radius 3 is 2.50 bits per heavy atom. The van der Waals surface area contributed by atoms with Crippen LogP contribution in [0.2, 0.25) is 0 Å². The number of unbranched alkanes of at least 4 members (excludes halogenated alkanes) is 2. The van der Waals surface area contributed by atoms with E-state index in [1.54, 1.807) is 36.2 Å². The summed E-state index contributed by atoms with van der Waals surface area (Å²) in [5.41, 5.74) is 3.69. The highest BCUT2D eigenvalue weighted by atomic mass is 16.8. The van der Waals surface area contributed by atoms with Crippen molar-refractivity contribution in [2.24, 2.45) is 22.9 Å². The van der Waals surface area contributed by atoms with Crippen LogP contribution in [0.25, 0.3) is 0 Å². The molecule has 7 rings (SSSR count). The molecule has 7 unspecified atom stereocenters. The fourth-order valence-electron chi connectivity index (χ4n) is 9.66. The average molecular weight is 853 g/mol. The first kappa shape index (κ1) is 44.8. The van der Waals surface area contributed by atoms with Gasteiger partial charge in [0, 0.05) is 44.6 Å². The van der Waals surface area contributed by atoms with Crippen molar-refractivity contribution in [3.05, 3.63) is 108 Å². The third-order valence-corrected chi connectivity index (χ3v) is 12.6. The number of carbonyl (C=O) groups is 2. The number of nitrogens with zero attached hydrogens (tertiary/aromatic N) is 2. The lowest BCUT2D eigenvalue weighted by molar-refractivity contribution is -0.254. The molecule has 332 valence electrons. The van der Waals surface area contributed by atoms with Gasteiger partial charge in [-0.2, -0.15) is 0 Å². The number of hydrogen-bond donors (Lipinski definition) is 2. The van der Waals surface area contributed by atoms with Gasteiger partial charge in [-0.25, -0.2) is 4.79 Å². The second kappa shape index (κ2) is 21.2. The van der Waals surface area contributed by atoms with E-state index in [0.29, 0.717) is 60.1 Å². The Bertz CT molecular complexity index is 2050. The number of rotatable bonds is 20. The van der Waals surface area contributed by atoms with Crippen LogP contribution < -0.4 is 14.2 Å². The van der Waals surface area contributed by atoms with E-state index in [1.807, 2.05) is 48.5 Å². The van der Waals surface area contributed by atoms with Crippen LogP contribution in [0.4, 0.5) is 4.79 Å². The third kappa shape index (κ3) is 9.86. The molecule has 2 aliphatic carbocycles. The van der Waals surface area contributed by atoms with Gasteiger partial charge in [-0.05, 0) is 97.9 Å². The molecule has 2 heterocycles. The Hall–Kier alpha value is -5.21. The number of amides is 1. The molecule has 62 heavy (non-hydrogen) atoms. The van der Waals surface area contributed by atoms with E-state index in [2.05, 4.69) is 12.7 Å². The summed E-state index contributed by atoms with van der Waals surface area (Å²) in [5.74, 6) is -0.142. The lowest BCUT2D eigenvalue weighted by Gasteiger charge is -2.59. The largest absolute Gasteiger partial charge is 0.496 e. The van der Waals surface area contributed by atoms with Crippen LogP contribution in [0.5, 0.6) is 23.0 Å². The number of allylic oxidation sites excluding steroid dienone is 1. The van der Waals surface area contributed by atoms with Crippen LogP contribution in [-0.4, -0.2) is 91.9 Å². The van der Waals surface area contributed by atoms with Crippen molar-refractivity contribution in [2.45, 2.75) is 94.9 Å². The highest BCUT2D eigenvalue weighted by Crippen LogP contribution is 2.62. The third-order valence-electron chi connectivity index (χ3n) is 12.6. The maximum absolute atomic E-state index is 14.2. The van der Waals surface area contributed by atoms with Gasteiger partial charge in [-0.3, -0.25) is 4.79 Å². The van der Waals surface area contributed by atoms with Crippen molar-refractivity contribution < 1.29 is 53.1 Å². The van der Waals surface area contributed by atoms with Crippen LogP contribution in [0.3, 0.4) is 0 Å². The zero-order valence-corrected chi connectivity index (χ0v) is 35.8. The van der Waals surface area contributed by atoms with Gasteiger partial charge in [-0.15, -0.1) is 6.58 Å². The van der Waals surface area contributed by atoms with Gasteiger partial charge in [-0.1, -0.05) is 60.5 Å². The molecular weight excluding hydrogens is 793 g/mol. The number of methoxy groups -OCH3 is 1. The summed E-state index contributed by atoms with van der Waals surface area (Å²) in [6, 6.07) is 19.6. The summed E-state index contributed by atoms with van der Waals surface area (Å²) in [7, 11) is 3.22. The number of ether oxygens (including phenoxy) is 6. The fourth-order valence-corrected chi connectivity index (χ4v) is 9.66. The van der Waals surface area contributed by atoms with Gasteiger partial charge >= 0.3 is 6.09 Å².